The average molecular weight is 447 g/mol. The van der Waals surface area contributed by atoms with Gasteiger partial charge in [-0.05, 0) is 60.5 Å². The highest BCUT2D eigenvalue weighted by atomic mass is 16.5. The molecule has 8 nitrogen and oxygen atoms in total. The number of hydrazone groups is 1. The van der Waals surface area contributed by atoms with Gasteiger partial charge in [0.25, 0.3) is 5.91 Å². The van der Waals surface area contributed by atoms with Crippen LogP contribution >= 0.6 is 0 Å². The third-order valence-corrected chi connectivity index (χ3v) is 4.88. The maximum Gasteiger partial charge on any atom is 0.271 e. The van der Waals surface area contributed by atoms with E-state index < -0.39 is 5.91 Å². The van der Waals surface area contributed by atoms with Crippen molar-refractivity contribution in [1.82, 2.24) is 5.43 Å². The summed E-state index contributed by atoms with van der Waals surface area (Å²) in [5.74, 6) is 0.327. The van der Waals surface area contributed by atoms with E-state index in [2.05, 4.69) is 15.8 Å². The van der Waals surface area contributed by atoms with E-state index >= 15 is 0 Å². The quantitative estimate of drug-likeness (QED) is 0.360. The number of hydrogen-bond acceptors (Lipinski definition) is 6. The highest BCUT2D eigenvalue weighted by Gasteiger charge is 2.10. The SMILES string of the molecule is COc1ccc(CC(=O)Nc2ccc(/C(C)=N/NC(=O)c3ccc(O)c(OC)c3)cc2)cc1. The second-order valence-corrected chi connectivity index (χ2v) is 7.18. The van der Waals surface area contributed by atoms with E-state index in [0.717, 1.165) is 16.9 Å². The molecule has 2 amide bonds. The van der Waals surface area contributed by atoms with Crippen LogP contribution < -0.4 is 20.2 Å². The summed E-state index contributed by atoms with van der Waals surface area (Å²) in [5, 5.41) is 16.6. The van der Waals surface area contributed by atoms with Gasteiger partial charge in [0.1, 0.15) is 5.75 Å². The van der Waals surface area contributed by atoms with E-state index in [4.69, 9.17) is 9.47 Å². The summed E-state index contributed by atoms with van der Waals surface area (Å²) in [6.07, 6.45) is 0.250. The first-order chi connectivity index (χ1) is 15.9. The van der Waals surface area contributed by atoms with Crippen molar-refractivity contribution in [3.8, 4) is 17.2 Å². The second-order valence-electron chi connectivity index (χ2n) is 7.18. The fourth-order valence-corrected chi connectivity index (χ4v) is 3.01. The van der Waals surface area contributed by atoms with Crippen molar-refractivity contribution in [3.05, 3.63) is 83.4 Å². The first kappa shape index (κ1) is 23.3. The Labute approximate surface area is 191 Å². The van der Waals surface area contributed by atoms with Crippen LogP contribution in [0.2, 0.25) is 0 Å². The van der Waals surface area contributed by atoms with E-state index in [9.17, 15) is 14.7 Å². The Morgan fingerprint density at radius 2 is 1.58 bits per heavy atom. The Balaban J connectivity index is 1.57. The molecule has 0 bridgehead atoms. The van der Waals surface area contributed by atoms with Gasteiger partial charge in [-0.2, -0.15) is 5.10 Å². The molecule has 8 heteroatoms. The zero-order valence-electron chi connectivity index (χ0n) is 18.6. The summed E-state index contributed by atoms with van der Waals surface area (Å²) in [5.41, 5.74) is 5.70. The first-order valence-corrected chi connectivity index (χ1v) is 10.1. The molecule has 0 aliphatic heterocycles. The minimum absolute atomic E-state index is 0.0510. The number of aromatic hydroxyl groups is 1. The van der Waals surface area contributed by atoms with Crippen molar-refractivity contribution < 1.29 is 24.2 Å². The summed E-state index contributed by atoms with van der Waals surface area (Å²) in [6, 6.07) is 18.8. The summed E-state index contributed by atoms with van der Waals surface area (Å²) >= 11 is 0. The number of rotatable bonds is 8. The number of nitrogens with one attached hydrogen (secondary N) is 2. The monoisotopic (exact) mass is 447 g/mol. The number of carbonyl (C=O) groups is 2. The minimum Gasteiger partial charge on any atom is -0.504 e. The number of ether oxygens (including phenoxy) is 2. The fraction of sp³-hybridized carbons (Fsp3) is 0.160. The molecule has 3 N–H and O–H groups in total. The molecular weight excluding hydrogens is 422 g/mol. The van der Waals surface area contributed by atoms with E-state index in [1.807, 2.05) is 24.3 Å². The molecule has 0 saturated heterocycles. The molecule has 0 unspecified atom stereocenters. The molecule has 33 heavy (non-hydrogen) atoms. The Morgan fingerprint density at radius 3 is 2.21 bits per heavy atom. The maximum atomic E-state index is 12.3. The van der Waals surface area contributed by atoms with E-state index in [1.165, 1.54) is 25.3 Å². The standard InChI is InChI=1S/C25H25N3O5/c1-16(27-28-25(31)19-8-13-22(29)23(15-19)33-3)18-6-9-20(10-7-18)26-24(30)14-17-4-11-21(32-2)12-5-17/h4-13,15,29H,14H2,1-3H3,(H,26,30)(H,28,31)/b27-16+. The van der Waals surface area contributed by atoms with Gasteiger partial charge in [-0.3, -0.25) is 9.59 Å². The lowest BCUT2D eigenvalue weighted by molar-refractivity contribution is -0.115. The molecule has 0 heterocycles. The van der Waals surface area contributed by atoms with Gasteiger partial charge >= 0.3 is 0 Å². The normalized spacial score (nSPS) is 10.9. The molecule has 0 spiro atoms. The topological polar surface area (TPSA) is 109 Å². The molecule has 3 rings (SSSR count). The lowest BCUT2D eigenvalue weighted by Crippen LogP contribution is -2.19. The summed E-state index contributed by atoms with van der Waals surface area (Å²) in [7, 11) is 3.00. The Bertz CT molecular complexity index is 1160. The molecule has 0 aliphatic rings. The third kappa shape index (κ3) is 6.33. The predicted octanol–water partition coefficient (Wildman–Crippen LogP) is 3.74. The smallest absolute Gasteiger partial charge is 0.271 e. The minimum atomic E-state index is -0.435. The first-order valence-electron chi connectivity index (χ1n) is 10.1. The Morgan fingerprint density at radius 1 is 0.909 bits per heavy atom. The fourth-order valence-electron chi connectivity index (χ4n) is 3.01. The molecule has 3 aromatic carbocycles. The molecule has 0 radical (unpaired) electrons. The summed E-state index contributed by atoms with van der Waals surface area (Å²) < 4.78 is 10.1. The molecule has 3 aromatic rings. The maximum absolute atomic E-state index is 12.3. The molecule has 0 fully saturated rings. The number of benzene rings is 3. The van der Waals surface area contributed by atoms with Crippen molar-refractivity contribution in [1.29, 1.82) is 0 Å². The largest absolute Gasteiger partial charge is 0.504 e. The van der Waals surface area contributed by atoms with Crippen LogP contribution in [0.3, 0.4) is 0 Å². The van der Waals surface area contributed by atoms with Crippen LogP contribution in [0.5, 0.6) is 17.2 Å². The number of hydrogen-bond donors (Lipinski definition) is 3. The zero-order chi connectivity index (χ0) is 23.8. The van der Waals surface area contributed by atoms with Crippen LogP contribution in [0.1, 0.15) is 28.4 Å². The van der Waals surface area contributed by atoms with Crippen molar-refractivity contribution in [2.45, 2.75) is 13.3 Å². The Kier molecular flexibility index (Phi) is 7.64. The molecule has 170 valence electrons. The van der Waals surface area contributed by atoms with Crippen molar-refractivity contribution in [2.75, 3.05) is 19.5 Å². The molecule has 0 saturated carbocycles. The van der Waals surface area contributed by atoms with Crippen LogP contribution in [0.4, 0.5) is 5.69 Å². The van der Waals surface area contributed by atoms with Crippen LogP contribution in [0.15, 0.2) is 71.8 Å². The number of amides is 2. The van der Waals surface area contributed by atoms with Crippen LogP contribution in [-0.2, 0) is 11.2 Å². The highest BCUT2D eigenvalue weighted by molar-refractivity contribution is 6.01. The predicted molar refractivity (Wildman–Crippen MR) is 126 cm³/mol. The van der Waals surface area contributed by atoms with Gasteiger partial charge in [-0.15, -0.1) is 0 Å². The number of methoxy groups -OCH3 is 2. The van der Waals surface area contributed by atoms with Gasteiger partial charge in [0, 0.05) is 11.3 Å². The number of nitrogens with zero attached hydrogens (tertiary/aromatic N) is 1. The van der Waals surface area contributed by atoms with Crippen molar-refractivity contribution >= 4 is 23.2 Å². The summed E-state index contributed by atoms with van der Waals surface area (Å²) in [6.45, 7) is 1.76. The van der Waals surface area contributed by atoms with Gasteiger partial charge in [-0.25, -0.2) is 5.43 Å². The zero-order valence-corrected chi connectivity index (χ0v) is 18.6. The number of anilines is 1. The average Bonchev–Trinajstić information content (AvgIpc) is 2.83. The van der Waals surface area contributed by atoms with E-state index in [1.54, 1.807) is 38.3 Å². The number of carbonyl (C=O) groups excluding carboxylic acids is 2. The molecule has 0 aliphatic carbocycles. The second kappa shape index (κ2) is 10.8. The van der Waals surface area contributed by atoms with Gasteiger partial charge in [0.15, 0.2) is 11.5 Å². The van der Waals surface area contributed by atoms with Gasteiger partial charge in [0.05, 0.1) is 26.4 Å². The van der Waals surface area contributed by atoms with Gasteiger partial charge in [-0.1, -0.05) is 24.3 Å². The van der Waals surface area contributed by atoms with Crippen molar-refractivity contribution in [3.63, 3.8) is 0 Å². The van der Waals surface area contributed by atoms with Gasteiger partial charge in [0.2, 0.25) is 5.91 Å². The van der Waals surface area contributed by atoms with Crippen LogP contribution in [0.25, 0.3) is 0 Å². The molecule has 0 atom stereocenters. The van der Waals surface area contributed by atoms with Gasteiger partial charge < -0.3 is 19.9 Å². The summed E-state index contributed by atoms with van der Waals surface area (Å²) in [4.78, 5) is 24.6. The lowest BCUT2D eigenvalue weighted by Gasteiger charge is -2.08. The molecule has 0 aromatic heterocycles. The van der Waals surface area contributed by atoms with Crippen LogP contribution in [0, 0.1) is 0 Å². The van der Waals surface area contributed by atoms with E-state index in [0.29, 0.717) is 17.0 Å². The molecular formula is C25H25N3O5. The number of phenolic OH excluding ortho intramolecular Hbond substituents is 1. The number of phenols is 1. The lowest BCUT2D eigenvalue weighted by atomic mass is 10.1. The van der Waals surface area contributed by atoms with Crippen molar-refractivity contribution in [2.24, 2.45) is 5.10 Å². The Hall–Kier alpha value is -4.33. The third-order valence-electron chi connectivity index (χ3n) is 4.88. The highest BCUT2D eigenvalue weighted by Crippen LogP contribution is 2.26. The van der Waals surface area contributed by atoms with Crippen LogP contribution in [-0.4, -0.2) is 36.9 Å². The van der Waals surface area contributed by atoms with E-state index in [-0.39, 0.29) is 23.8 Å².